The van der Waals surface area contributed by atoms with E-state index in [4.69, 9.17) is 0 Å². The molecular weight excluding hydrogens is 390 g/mol. The number of amidine groups is 1. The van der Waals surface area contributed by atoms with E-state index in [0.717, 1.165) is 33.6 Å². The fourth-order valence-corrected chi connectivity index (χ4v) is 4.43. The summed E-state index contributed by atoms with van der Waals surface area (Å²) in [4.78, 5) is 36.1. The lowest BCUT2D eigenvalue weighted by molar-refractivity contribution is -0.128. The fourth-order valence-electron chi connectivity index (χ4n) is 4.43. The van der Waals surface area contributed by atoms with Crippen molar-refractivity contribution in [2.45, 2.75) is 26.8 Å². The number of fused-ring (bicyclic) bond motifs is 2. The third kappa shape index (κ3) is 4.13. The predicted octanol–water partition coefficient (Wildman–Crippen LogP) is 2.74. The Morgan fingerprint density at radius 3 is 2.94 bits per heavy atom. The number of carbonyl (C=O) groups is 2. The summed E-state index contributed by atoms with van der Waals surface area (Å²) in [6.45, 7) is 5.44. The molecule has 0 saturated carbocycles. The van der Waals surface area contributed by atoms with Gasteiger partial charge in [-0.15, -0.1) is 0 Å². The molecule has 2 N–H and O–H groups in total. The van der Waals surface area contributed by atoms with Gasteiger partial charge in [0, 0.05) is 61.5 Å². The highest BCUT2D eigenvalue weighted by Gasteiger charge is 2.38. The molecule has 1 atom stereocenters. The highest BCUT2D eigenvalue weighted by molar-refractivity contribution is 5.95. The number of nitrogens with one attached hydrogen (secondary N) is 2. The van der Waals surface area contributed by atoms with Crippen LogP contribution < -0.4 is 5.32 Å². The maximum absolute atomic E-state index is 12.8. The number of aryl methyl sites for hydroxylation is 1. The summed E-state index contributed by atoms with van der Waals surface area (Å²) in [5, 5.41) is 4.39. The van der Waals surface area contributed by atoms with Gasteiger partial charge < -0.3 is 20.1 Å². The van der Waals surface area contributed by atoms with Crippen molar-refractivity contribution < 1.29 is 9.59 Å². The Bertz CT molecular complexity index is 1130. The molecule has 0 fully saturated rings. The Balaban J connectivity index is 1.45. The molecule has 2 amide bonds. The van der Waals surface area contributed by atoms with Crippen LogP contribution >= 0.6 is 0 Å². The monoisotopic (exact) mass is 419 g/mol. The number of benzene rings is 1. The van der Waals surface area contributed by atoms with Gasteiger partial charge in [-0.1, -0.05) is 31.2 Å². The van der Waals surface area contributed by atoms with Gasteiger partial charge in [0.15, 0.2) is 0 Å². The topological polar surface area (TPSA) is 80.8 Å². The normalized spacial score (nSPS) is 21.4. The van der Waals surface area contributed by atoms with Gasteiger partial charge in [-0.05, 0) is 30.5 Å². The highest BCUT2D eigenvalue weighted by atomic mass is 16.2. The molecular formula is C24H29N5O2. The first kappa shape index (κ1) is 20.9. The van der Waals surface area contributed by atoms with E-state index in [1.54, 1.807) is 15.9 Å². The zero-order valence-electron chi connectivity index (χ0n) is 18.5. The van der Waals surface area contributed by atoms with Crippen LogP contribution in [-0.2, 0) is 16.1 Å². The van der Waals surface area contributed by atoms with Crippen molar-refractivity contribution in [2.24, 2.45) is 10.4 Å². The molecule has 0 bridgehead atoms. The molecule has 31 heavy (non-hydrogen) atoms. The van der Waals surface area contributed by atoms with Gasteiger partial charge in [-0.2, -0.15) is 0 Å². The number of likely N-dealkylation sites (N-methyl/N-ethyl adjacent to an activating group) is 2. The van der Waals surface area contributed by atoms with Crippen LogP contribution in [0.1, 0.15) is 24.6 Å². The van der Waals surface area contributed by atoms with Crippen LogP contribution in [-0.4, -0.2) is 59.6 Å². The van der Waals surface area contributed by atoms with Gasteiger partial charge in [-0.3, -0.25) is 14.6 Å². The van der Waals surface area contributed by atoms with E-state index in [1.807, 2.05) is 51.5 Å². The Morgan fingerprint density at radius 1 is 1.35 bits per heavy atom. The third-order valence-electron chi connectivity index (χ3n) is 6.18. The summed E-state index contributed by atoms with van der Waals surface area (Å²) in [7, 11) is 3.63. The smallest absolute Gasteiger partial charge is 0.246 e. The van der Waals surface area contributed by atoms with E-state index in [0.29, 0.717) is 19.5 Å². The van der Waals surface area contributed by atoms with Crippen molar-refractivity contribution in [3.63, 3.8) is 0 Å². The molecule has 2 aromatic rings. The number of hydrogen-bond acceptors (Lipinski definition) is 4. The summed E-state index contributed by atoms with van der Waals surface area (Å²) in [5.41, 5.74) is 4.02. The van der Waals surface area contributed by atoms with Crippen LogP contribution in [0.3, 0.4) is 0 Å². The summed E-state index contributed by atoms with van der Waals surface area (Å²) < 4.78 is 0. The molecule has 1 unspecified atom stereocenters. The van der Waals surface area contributed by atoms with Gasteiger partial charge in [0.25, 0.3) is 0 Å². The number of hydrogen-bond donors (Lipinski definition) is 2. The van der Waals surface area contributed by atoms with Crippen LogP contribution in [0.2, 0.25) is 0 Å². The standard InChI is InChI=1S/C24H29N5O2/c1-16-19(18-7-5-6-8-20(18)27-16)14-28(3)21(30)10-9-17-11-24(2)15-29(4)22(31)13-26-23(24)25-12-17/h5-10,12,27H,11,13-15H2,1-4H3,(H,25,26)/b10-9+. The zero-order chi connectivity index (χ0) is 22.2. The number of aliphatic imine (C=N–C) groups is 1. The predicted molar refractivity (Wildman–Crippen MR) is 123 cm³/mol. The summed E-state index contributed by atoms with van der Waals surface area (Å²) in [5.74, 6) is 0.801. The lowest BCUT2D eigenvalue weighted by Crippen LogP contribution is -2.46. The second-order valence-corrected chi connectivity index (χ2v) is 8.82. The Hall–Kier alpha value is -3.35. The number of para-hydroxylation sites is 1. The first-order chi connectivity index (χ1) is 14.8. The van der Waals surface area contributed by atoms with Crippen LogP contribution in [0.15, 0.2) is 53.2 Å². The van der Waals surface area contributed by atoms with Crippen molar-refractivity contribution in [1.82, 2.24) is 20.1 Å². The maximum Gasteiger partial charge on any atom is 0.246 e. The van der Waals surface area contributed by atoms with Crippen molar-refractivity contribution >= 4 is 28.6 Å². The number of rotatable bonds is 4. The number of H-pyrrole nitrogens is 1. The van der Waals surface area contributed by atoms with E-state index in [2.05, 4.69) is 28.3 Å². The van der Waals surface area contributed by atoms with E-state index in [9.17, 15) is 9.59 Å². The Labute approximate surface area is 182 Å². The van der Waals surface area contributed by atoms with Crippen molar-refractivity contribution in [1.29, 1.82) is 0 Å². The average Bonchev–Trinajstić information content (AvgIpc) is 2.99. The Morgan fingerprint density at radius 2 is 2.13 bits per heavy atom. The minimum Gasteiger partial charge on any atom is -0.358 e. The number of carbonyl (C=O) groups excluding carboxylic acids is 2. The number of allylic oxidation sites excluding steroid dienone is 2. The second-order valence-electron chi connectivity index (χ2n) is 8.82. The minimum absolute atomic E-state index is 0.0198. The van der Waals surface area contributed by atoms with Crippen LogP contribution in [0, 0.1) is 12.3 Å². The maximum atomic E-state index is 12.8. The van der Waals surface area contributed by atoms with Gasteiger partial charge in [0.2, 0.25) is 11.8 Å². The minimum atomic E-state index is -0.286. The summed E-state index contributed by atoms with van der Waals surface area (Å²) >= 11 is 0. The molecule has 2 aliphatic heterocycles. The molecule has 7 heteroatoms. The quantitative estimate of drug-likeness (QED) is 0.748. The summed E-state index contributed by atoms with van der Waals surface area (Å²) in [6.07, 6.45) is 6.08. The van der Waals surface area contributed by atoms with E-state index in [-0.39, 0.29) is 23.8 Å². The van der Waals surface area contributed by atoms with E-state index in [1.165, 1.54) is 0 Å². The molecule has 162 valence electrons. The largest absolute Gasteiger partial charge is 0.358 e. The molecule has 0 saturated heterocycles. The van der Waals surface area contributed by atoms with Gasteiger partial charge >= 0.3 is 0 Å². The van der Waals surface area contributed by atoms with Crippen LogP contribution in [0.25, 0.3) is 10.9 Å². The average molecular weight is 420 g/mol. The highest BCUT2D eigenvalue weighted by Crippen LogP contribution is 2.33. The lowest BCUT2D eigenvalue weighted by Gasteiger charge is -2.36. The molecule has 3 heterocycles. The van der Waals surface area contributed by atoms with Gasteiger partial charge in [0.05, 0.1) is 0 Å². The molecule has 1 aromatic heterocycles. The summed E-state index contributed by atoms with van der Waals surface area (Å²) in [6, 6.07) is 8.14. The van der Waals surface area contributed by atoms with E-state index >= 15 is 0 Å². The number of amides is 2. The molecule has 2 aliphatic rings. The molecule has 4 rings (SSSR count). The van der Waals surface area contributed by atoms with Crippen molar-refractivity contribution in [2.75, 3.05) is 27.2 Å². The van der Waals surface area contributed by atoms with E-state index < -0.39 is 0 Å². The lowest BCUT2D eigenvalue weighted by atomic mass is 9.79. The number of nitrogens with zero attached hydrogens (tertiary/aromatic N) is 3. The van der Waals surface area contributed by atoms with Crippen LogP contribution in [0.4, 0.5) is 0 Å². The fraction of sp³-hybridized carbons (Fsp3) is 0.375. The molecule has 1 aromatic carbocycles. The number of aromatic nitrogens is 1. The Kier molecular flexibility index (Phi) is 5.43. The van der Waals surface area contributed by atoms with Crippen molar-refractivity contribution in [3.8, 4) is 0 Å². The first-order valence-electron chi connectivity index (χ1n) is 10.5. The molecule has 7 nitrogen and oxygen atoms in total. The third-order valence-corrected chi connectivity index (χ3v) is 6.18. The molecule has 0 spiro atoms. The van der Waals surface area contributed by atoms with Crippen molar-refractivity contribution in [3.05, 3.63) is 59.4 Å². The molecule has 0 aliphatic carbocycles. The number of aromatic amines is 1. The zero-order valence-corrected chi connectivity index (χ0v) is 18.5. The van der Waals surface area contributed by atoms with Gasteiger partial charge in [0.1, 0.15) is 12.4 Å². The van der Waals surface area contributed by atoms with Crippen LogP contribution in [0.5, 0.6) is 0 Å². The molecule has 0 radical (unpaired) electrons. The first-order valence-corrected chi connectivity index (χ1v) is 10.5. The second kappa shape index (κ2) is 8.06. The van der Waals surface area contributed by atoms with Gasteiger partial charge in [-0.25, -0.2) is 0 Å². The SMILES string of the molecule is Cc1[nH]c2ccccc2c1CN(C)C(=O)/C=C/C1=CNC2=NCC(=O)N(C)CC2(C)C1.